The fourth-order valence-corrected chi connectivity index (χ4v) is 2.06. The second-order valence-corrected chi connectivity index (χ2v) is 4.52. The number of nitrogens with one attached hydrogen (secondary N) is 1. The second-order valence-electron chi connectivity index (χ2n) is 4.52. The van der Waals surface area contributed by atoms with Gasteiger partial charge in [0.15, 0.2) is 0 Å². The third kappa shape index (κ3) is 5.32. The summed E-state index contributed by atoms with van der Waals surface area (Å²) in [5.41, 5.74) is 1.27. The number of aliphatic hydroxyl groups excluding tert-OH is 1. The zero-order valence-electron chi connectivity index (χ0n) is 11.1. The number of benzene rings is 1. The fourth-order valence-electron chi connectivity index (χ4n) is 2.06. The number of aryl methyl sites for hydroxylation is 1. The van der Waals surface area contributed by atoms with Crippen LogP contribution in [-0.2, 0) is 11.2 Å². The lowest BCUT2D eigenvalue weighted by atomic mass is 9.94. The monoisotopic (exact) mass is 249 g/mol. The van der Waals surface area contributed by atoms with Crippen LogP contribution in [0, 0.1) is 5.92 Å². The molecule has 0 bridgehead atoms. The molecule has 0 aliphatic rings. The fraction of sp³-hybridized carbons (Fsp3) is 0.533. The smallest absolute Gasteiger partial charge is 0.223 e. The molecule has 0 heterocycles. The van der Waals surface area contributed by atoms with Crippen molar-refractivity contribution in [1.82, 2.24) is 5.32 Å². The van der Waals surface area contributed by atoms with E-state index >= 15 is 0 Å². The summed E-state index contributed by atoms with van der Waals surface area (Å²) in [6, 6.07) is 10.2. The predicted octanol–water partition coefficient (Wildman–Crippen LogP) is 2.14. The van der Waals surface area contributed by atoms with Crippen LogP contribution in [0.25, 0.3) is 0 Å². The minimum atomic E-state index is 0.00324. The lowest BCUT2D eigenvalue weighted by Crippen LogP contribution is -2.33. The highest BCUT2D eigenvalue weighted by atomic mass is 16.3. The van der Waals surface area contributed by atoms with Crippen molar-refractivity contribution in [3.63, 3.8) is 0 Å². The van der Waals surface area contributed by atoms with Crippen LogP contribution in [0.4, 0.5) is 0 Å². The van der Waals surface area contributed by atoms with Crippen molar-refractivity contribution in [3.05, 3.63) is 35.9 Å². The Morgan fingerprint density at radius 2 is 2.00 bits per heavy atom. The highest BCUT2D eigenvalue weighted by molar-refractivity contribution is 5.78. The van der Waals surface area contributed by atoms with Gasteiger partial charge in [-0.3, -0.25) is 4.79 Å². The van der Waals surface area contributed by atoms with Crippen LogP contribution < -0.4 is 5.32 Å². The topological polar surface area (TPSA) is 49.3 Å². The molecule has 0 spiro atoms. The Labute approximate surface area is 109 Å². The predicted molar refractivity (Wildman–Crippen MR) is 73.3 cm³/mol. The Hall–Kier alpha value is -1.35. The lowest BCUT2D eigenvalue weighted by Gasteiger charge is -2.15. The molecule has 100 valence electrons. The van der Waals surface area contributed by atoms with Gasteiger partial charge < -0.3 is 10.4 Å². The van der Waals surface area contributed by atoms with Crippen molar-refractivity contribution in [1.29, 1.82) is 0 Å². The average Bonchev–Trinajstić information content (AvgIpc) is 2.42. The van der Waals surface area contributed by atoms with Gasteiger partial charge in [-0.2, -0.15) is 0 Å². The van der Waals surface area contributed by atoms with Gasteiger partial charge >= 0.3 is 0 Å². The van der Waals surface area contributed by atoms with Gasteiger partial charge in [0.05, 0.1) is 6.61 Å². The van der Waals surface area contributed by atoms with Gasteiger partial charge in [-0.1, -0.05) is 43.7 Å². The Bertz CT molecular complexity index is 338. The van der Waals surface area contributed by atoms with Gasteiger partial charge in [-0.15, -0.1) is 0 Å². The van der Waals surface area contributed by atoms with Crippen LogP contribution >= 0.6 is 0 Å². The molecule has 0 aliphatic heterocycles. The first-order valence-electron chi connectivity index (χ1n) is 6.70. The Morgan fingerprint density at radius 1 is 1.28 bits per heavy atom. The van der Waals surface area contributed by atoms with Crippen molar-refractivity contribution in [2.24, 2.45) is 5.92 Å². The maximum atomic E-state index is 11.9. The summed E-state index contributed by atoms with van der Waals surface area (Å²) in [6.07, 6.45) is 3.71. The van der Waals surface area contributed by atoms with Gasteiger partial charge in [0, 0.05) is 12.5 Å². The summed E-state index contributed by atoms with van der Waals surface area (Å²) in [4.78, 5) is 11.9. The van der Waals surface area contributed by atoms with Crippen molar-refractivity contribution in [2.75, 3.05) is 13.2 Å². The normalized spacial score (nSPS) is 12.1. The van der Waals surface area contributed by atoms with E-state index in [4.69, 9.17) is 5.11 Å². The molecule has 1 aromatic rings. The van der Waals surface area contributed by atoms with Gasteiger partial charge in [0.25, 0.3) is 0 Å². The van der Waals surface area contributed by atoms with E-state index in [0.717, 1.165) is 25.7 Å². The van der Waals surface area contributed by atoms with Crippen LogP contribution in [0.3, 0.4) is 0 Å². The molecule has 0 saturated carbocycles. The molecule has 0 fully saturated rings. The number of carbonyl (C=O) groups is 1. The molecule has 2 N–H and O–H groups in total. The highest BCUT2D eigenvalue weighted by Gasteiger charge is 2.16. The van der Waals surface area contributed by atoms with E-state index in [1.54, 1.807) is 0 Å². The van der Waals surface area contributed by atoms with Gasteiger partial charge in [0.1, 0.15) is 0 Å². The molecular weight excluding hydrogens is 226 g/mol. The number of hydrogen-bond donors (Lipinski definition) is 2. The molecule has 3 heteroatoms. The maximum absolute atomic E-state index is 11.9. The highest BCUT2D eigenvalue weighted by Crippen LogP contribution is 2.15. The molecule has 1 unspecified atom stereocenters. The van der Waals surface area contributed by atoms with E-state index in [1.807, 2.05) is 18.2 Å². The van der Waals surface area contributed by atoms with E-state index in [9.17, 15) is 4.79 Å². The third-order valence-electron chi connectivity index (χ3n) is 3.04. The summed E-state index contributed by atoms with van der Waals surface area (Å²) < 4.78 is 0. The van der Waals surface area contributed by atoms with Gasteiger partial charge in [0.2, 0.25) is 5.91 Å². The van der Waals surface area contributed by atoms with Crippen molar-refractivity contribution in [2.45, 2.75) is 32.6 Å². The van der Waals surface area contributed by atoms with E-state index in [2.05, 4.69) is 24.4 Å². The number of carbonyl (C=O) groups excluding carboxylic acids is 1. The maximum Gasteiger partial charge on any atom is 0.223 e. The van der Waals surface area contributed by atoms with E-state index in [0.29, 0.717) is 6.54 Å². The lowest BCUT2D eigenvalue weighted by molar-refractivity contribution is -0.125. The molecule has 0 radical (unpaired) electrons. The molecule has 1 amide bonds. The Balaban J connectivity index is 2.44. The molecule has 1 aromatic carbocycles. The molecular formula is C15H23NO2. The van der Waals surface area contributed by atoms with Crippen LogP contribution in [0.2, 0.25) is 0 Å². The molecule has 1 rings (SSSR count). The summed E-state index contributed by atoms with van der Waals surface area (Å²) >= 11 is 0. The third-order valence-corrected chi connectivity index (χ3v) is 3.04. The number of amides is 1. The average molecular weight is 249 g/mol. The summed E-state index contributed by atoms with van der Waals surface area (Å²) in [6.45, 7) is 2.45. The molecule has 18 heavy (non-hydrogen) atoms. The van der Waals surface area contributed by atoms with E-state index in [-0.39, 0.29) is 18.4 Å². The van der Waals surface area contributed by atoms with Crippen molar-refractivity contribution < 1.29 is 9.90 Å². The van der Waals surface area contributed by atoms with Crippen molar-refractivity contribution in [3.8, 4) is 0 Å². The first-order valence-corrected chi connectivity index (χ1v) is 6.70. The molecule has 0 aromatic heterocycles. The standard InChI is InChI=1S/C15H23NO2/c1-2-6-14(15(18)16-11-12-17)10-9-13-7-4-3-5-8-13/h3-5,7-8,14,17H,2,6,9-12H2,1H3,(H,16,18). The number of aliphatic hydroxyl groups is 1. The van der Waals surface area contributed by atoms with Crippen molar-refractivity contribution >= 4 is 5.91 Å². The minimum Gasteiger partial charge on any atom is -0.395 e. The summed E-state index contributed by atoms with van der Waals surface area (Å²) in [7, 11) is 0. The minimum absolute atomic E-state index is 0.00324. The molecule has 3 nitrogen and oxygen atoms in total. The zero-order chi connectivity index (χ0) is 13.2. The van der Waals surface area contributed by atoms with Crippen LogP contribution in [0.1, 0.15) is 31.7 Å². The largest absolute Gasteiger partial charge is 0.395 e. The quantitative estimate of drug-likeness (QED) is 0.741. The van der Waals surface area contributed by atoms with Gasteiger partial charge in [-0.25, -0.2) is 0 Å². The Morgan fingerprint density at radius 3 is 2.61 bits per heavy atom. The molecule has 0 saturated heterocycles. The first-order chi connectivity index (χ1) is 8.77. The van der Waals surface area contributed by atoms with Crippen LogP contribution in [0.5, 0.6) is 0 Å². The zero-order valence-corrected chi connectivity index (χ0v) is 11.1. The van der Waals surface area contributed by atoms with Crippen LogP contribution in [0.15, 0.2) is 30.3 Å². The number of rotatable bonds is 8. The van der Waals surface area contributed by atoms with Crippen LogP contribution in [-0.4, -0.2) is 24.2 Å². The molecule has 0 aliphatic carbocycles. The van der Waals surface area contributed by atoms with E-state index in [1.165, 1.54) is 5.56 Å². The Kier molecular flexibility index (Phi) is 7.11. The molecule has 1 atom stereocenters. The number of hydrogen-bond acceptors (Lipinski definition) is 2. The second kappa shape index (κ2) is 8.70. The van der Waals surface area contributed by atoms with E-state index < -0.39 is 0 Å². The van der Waals surface area contributed by atoms with Gasteiger partial charge in [-0.05, 0) is 24.8 Å². The summed E-state index contributed by atoms with van der Waals surface area (Å²) in [5, 5.41) is 11.5. The first kappa shape index (κ1) is 14.7. The summed E-state index contributed by atoms with van der Waals surface area (Å²) in [5.74, 6) is 0.128. The SMILES string of the molecule is CCCC(CCc1ccccc1)C(=O)NCCO.